The molecule has 0 radical (unpaired) electrons. The number of aromatic nitrogens is 3. The molecule has 1 fully saturated rings. The molecule has 0 saturated carbocycles. The first kappa shape index (κ1) is 16.5. The number of hydrogen-bond donors (Lipinski definition) is 0. The summed E-state index contributed by atoms with van der Waals surface area (Å²) in [6, 6.07) is 3.96. The largest absolute Gasteiger partial charge is 0.366 e. The first-order valence-corrected chi connectivity index (χ1v) is 9.08. The van der Waals surface area contributed by atoms with Crippen LogP contribution in [0.15, 0.2) is 24.5 Å². The molecule has 0 bridgehead atoms. The first-order chi connectivity index (χ1) is 11.8. The summed E-state index contributed by atoms with van der Waals surface area (Å²) in [4.78, 5) is 16.4. The quantitative estimate of drug-likeness (QED) is 0.840. The minimum atomic E-state index is -0.199. The van der Waals surface area contributed by atoms with Gasteiger partial charge in [-0.15, -0.1) is 0 Å². The third kappa shape index (κ3) is 3.25. The number of pyridine rings is 1. The van der Waals surface area contributed by atoms with Crippen LogP contribution in [0.4, 0.5) is 5.82 Å². The summed E-state index contributed by atoms with van der Waals surface area (Å²) in [7, 11) is 0. The Morgan fingerprint density at radius 2 is 1.64 bits per heavy atom. The van der Waals surface area contributed by atoms with Crippen LogP contribution in [0.2, 0.25) is 0 Å². The van der Waals surface area contributed by atoms with Gasteiger partial charge in [0.05, 0.1) is 11.2 Å². The van der Waals surface area contributed by atoms with Gasteiger partial charge in [0.2, 0.25) is 0 Å². The molecule has 5 nitrogen and oxygen atoms in total. The Hall–Kier alpha value is -2.01. The predicted octanol–water partition coefficient (Wildman–Crippen LogP) is 3.42. The van der Waals surface area contributed by atoms with Crippen molar-refractivity contribution in [1.82, 2.24) is 15.0 Å². The van der Waals surface area contributed by atoms with Crippen LogP contribution in [0, 0.1) is 0 Å². The molecule has 1 aliphatic carbocycles. The number of nitrogens with zero attached hydrogens (tertiary/aromatic N) is 4. The summed E-state index contributed by atoms with van der Waals surface area (Å²) in [5, 5.41) is 0. The molecule has 3 heterocycles. The van der Waals surface area contributed by atoms with Gasteiger partial charge in [0.25, 0.3) is 0 Å². The van der Waals surface area contributed by atoms with E-state index in [1.807, 2.05) is 12.1 Å². The van der Waals surface area contributed by atoms with E-state index in [9.17, 15) is 0 Å². The maximum atomic E-state index is 6.25. The highest BCUT2D eigenvalue weighted by atomic mass is 16.5. The van der Waals surface area contributed by atoms with E-state index in [1.54, 1.807) is 12.4 Å². The van der Waals surface area contributed by atoms with Gasteiger partial charge < -0.3 is 9.64 Å². The van der Waals surface area contributed by atoms with Crippen LogP contribution in [-0.4, -0.2) is 39.2 Å². The molecular formula is C20H26N4O. The molecule has 2 aromatic heterocycles. The standard InChI is InChI=1S/C20H26N4O/c1-19(2)12-24(13-20(3,4)25-19)18-15-6-5-7-16(15)22-17(23-18)14-8-10-21-11-9-14/h8-11H,5-7,12-13H2,1-4H3. The number of rotatable bonds is 2. The van der Waals surface area contributed by atoms with Crippen LogP contribution >= 0.6 is 0 Å². The van der Waals surface area contributed by atoms with Gasteiger partial charge in [0, 0.05) is 42.3 Å². The van der Waals surface area contributed by atoms with E-state index < -0.39 is 0 Å². The summed E-state index contributed by atoms with van der Waals surface area (Å²) in [5.41, 5.74) is 3.16. The van der Waals surface area contributed by atoms with Gasteiger partial charge in [-0.05, 0) is 59.1 Å². The van der Waals surface area contributed by atoms with Crippen molar-refractivity contribution in [2.75, 3.05) is 18.0 Å². The highest BCUT2D eigenvalue weighted by Crippen LogP contribution is 2.36. The number of anilines is 1. The van der Waals surface area contributed by atoms with Gasteiger partial charge in [0.15, 0.2) is 5.82 Å². The van der Waals surface area contributed by atoms with E-state index in [0.29, 0.717) is 0 Å². The van der Waals surface area contributed by atoms with Crippen molar-refractivity contribution in [3.05, 3.63) is 35.8 Å². The smallest absolute Gasteiger partial charge is 0.161 e. The number of fused-ring (bicyclic) bond motifs is 1. The lowest BCUT2D eigenvalue weighted by Gasteiger charge is -2.48. The molecule has 0 unspecified atom stereocenters. The minimum Gasteiger partial charge on any atom is -0.366 e. The molecule has 0 aromatic carbocycles. The van der Waals surface area contributed by atoms with Gasteiger partial charge in [-0.1, -0.05) is 0 Å². The molecule has 0 spiro atoms. The Morgan fingerprint density at radius 3 is 2.32 bits per heavy atom. The lowest BCUT2D eigenvalue weighted by Crippen LogP contribution is -2.57. The molecule has 4 rings (SSSR count). The third-order valence-corrected chi connectivity index (χ3v) is 4.85. The average Bonchev–Trinajstić information content (AvgIpc) is 3.00. The monoisotopic (exact) mass is 338 g/mol. The third-order valence-electron chi connectivity index (χ3n) is 4.85. The van der Waals surface area contributed by atoms with Crippen molar-refractivity contribution in [3.63, 3.8) is 0 Å². The second-order valence-corrected chi connectivity index (χ2v) is 8.36. The Balaban J connectivity index is 1.80. The summed E-state index contributed by atoms with van der Waals surface area (Å²) < 4.78 is 6.25. The highest BCUT2D eigenvalue weighted by molar-refractivity contribution is 5.61. The van der Waals surface area contributed by atoms with E-state index in [0.717, 1.165) is 49.6 Å². The molecule has 0 atom stereocenters. The molecule has 0 N–H and O–H groups in total. The number of hydrogen-bond acceptors (Lipinski definition) is 5. The zero-order valence-electron chi connectivity index (χ0n) is 15.5. The molecule has 2 aliphatic rings. The Bertz CT molecular complexity index is 770. The molecule has 2 aromatic rings. The van der Waals surface area contributed by atoms with Crippen molar-refractivity contribution < 1.29 is 4.74 Å². The lowest BCUT2D eigenvalue weighted by atomic mass is 9.98. The van der Waals surface area contributed by atoms with Crippen LogP contribution in [-0.2, 0) is 17.6 Å². The van der Waals surface area contributed by atoms with Crippen LogP contribution < -0.4 is 4.90 Å². The SMILES string of the molecule is CC1(C)CN(c2nc(-c3ccncc3)nc3c2CCC3)CC(C)(C)O1. The maximum Gasteiger partial charge on any atom is 0.161 e. The molecule has 1 saturated heterocycles. The minimum absolute atomic E-state index is 0.199. The summed E-state index contributed by atoms with van der Waals surface area (Å²) in [5.74, 6) is 1.90. The second-order valence-electron chi connectivity index (χ2n) is 8.36. The van der Waals surface area contributed by atoms with Gasteiger partial charge >= 0.3 is 0 Å². The zero-order chi connectivity index (χ0) is 17.7. The topological polar surface area (TPSA) is 51.1 Å². The molecular weight excluding hydrogens is 312 g/mol. The van der Waals surface area contributed by atoms with Crippen molar-refractivity contribution in [2.45, 2.75) is 58.2 Å². The molecule has 0 amide bonds. The Morgan fingerprint density at radius 1 is 0.960 bits per heavy atom. The highest BCUT2D eigenvalue weighted by Gasteiger charge is 2.40. The van der Waals surface area contributed by atoms with Gasteiger partial charge in [-0.25, -0.2) is 9.97 Å². The zero-order valence-corrected chi connectivity index (χ0v) is 15.5. The van der Waals surface area contributed by atoms with E-state index >= 15 is 0 Å². The van der Waals surface area contributed by atoms with E-state index in [-0.39, 0.29) is 11.2 Å². The van der Waals surface area contributed by atoms with E-state index in [2.05, 4.69) is 37.6 Å². The Labute approximate surface area is 149 Å². The fraction of sp³-hybridized carbons (Fsp3) is 0.550. The fourth-order valence-corrected chi connectivity index (χ4v) is 4.24. The van der Waals surface area contributed by atoms with Gasteiger partial charge in [0.1, 0.15) is 5.82 Å². The van der Waals surface area contributed by atoms with E-state index in [1.165, 1.54) is 11.3 Å². The predicted molar refractivity (Wildman–Crippen MR) is 98.7 cm³/mol. The summed E-state index contributed by atoms with van der Waals surface area (Å²) in [6.45, 7) is 10.3. The van der Waals surface area contributed by atoms with Crippen molar-refractivity contribution in [1.29, 1.82) is 0 Å². The Kier molecular flexibility index (Phi) is 3.80. The molecule has 132 valence electrons. The number of aryl methyl sites for hydroxylation is 1. The summed E-state index contributed by atoms with van der Waals surface area (Å²) >= 11 is 0. The van der Waals surface area contributed by atoms with Gasteiger partial charge in [-0.2, -0.15) is 0 Å². The fourth-order valence-electron chi connectivity index (χ4n) is 4.24. The maximum absolute atomic E-state index is 6.25. The van der Waals surface area contributed by atoms with Crippen molar-refractivity contribution in [2.24, 2.45) is 0 Å². The average molecular weight is 338 g/mol. The van der Waals surface area contributed by atoms with Crippen LogP contribution in [0.1, 0.15) is 45.4 Å². The van der Waals surface area contributed by atoms with Crippen molar-refractivity contribution in [3.8, 4) is 11.4 Å². The first-order valence-electron chi connectivity index (χ1n) is 9.08. The normalized spacial score (nSPS) is 21.2. The van der Waals surface area contributed by atoms with Crippen molar-refractivity contribution >= 4 is 5.82 Å². The van der Waals surface area contributed by atoms with Crippen LogP contribution in [0.5, 0.6) is 0 Å². The second kappa shape index (κ2) is 5.77. The van der Waals surface area contributed by atoms with Crippen LogP contribution in [0.25, 0.3) is 11.4 Å². The number of morpholine rings is 1. The van der Waals surface area contributed by atoms with E-state index in [4.69, 9.17) is 14.7 Å². The molecule has 1 aliphatic heterocycles. The number of ether oxygens (including phenoxy) is 1. The van der Waals surface area contributed by atoms with Gasteiger partial charge in [-0.3, -0.25) is 4.98 Å². The molecule has 25 heavy (non-hydrogen) atoms. The molecule has 5 heteroatoms. The lowest BCUT2D eigenvalue weighted by molar-refractivity contribution is -0.133. The van der Waals surface area contributed by atoms with Crippen LogP contribution in [0.3, 0.4) is 0 Å². The summed E-state index contributed by atoms with van der Waals surface area (Å²) in [6.07, 6.45) is 6.87.